The van der Waals surface area contributed by atoms with Gasteiger partial charge in [0.05, 0.1) is 11.8 Å². The van der Waals surface area contributed by atoms with E-state index in [1.165, 1.54) is 12.3 Å². The highest BCUT2D eigenvalue weighted by molar-refractivity contribution is 6.41. The maximum Gasteiger partial charge on any atom is 0.416 e. The van der Waals surface area contributed by atoms with E-state index < -0.39 is 17.6 Å². The van der Waals surface area contributed by atoms with Crippen molar-refractivity contribution in [3.05, 3.63) is 77.5 Å². The number of aryl methyl sites for hydroxylation is 1. The molecule has 3 rings (SSSR count). The third-order valence-electron chi connectivity index (χ3n) is 5.56. The van der Waals surface area contributed by atoms with E-state index in [2.05, 4.69) is 37.2 Å². The predicted octanol–water partition coefficient (Wildman–Crippen LogP) is 3.72. The van der Waals surface area contributed by atoms with Crippen LogP contribution in [0.15, 0.2) is 75.8 Å². The summed E-state index contributed by atoms with van der Waals surface area (Å²) in [5.41, 5.74) is 7.63. The summed E-state index contributed by atoms with van der Waals surface area (Å²) in [6, 6.07) is 6.35. The van der Waals surface area contributed by atoms with Crippen molar-refractivity contribution in [1.29, 1.82) is 0 Å². The Labute approximate surface area is 224 Å². The molecule has 0 fully saturated rings. The highest BCUT2D eigenvalue weighted by Crippen LogP contribution is 2.30. The van der Waals surface area contributed by atoms with Crippen molar-refractivity contribution in [2.75, 3.05) is 44.9 Å². The first kappa shape index (κ1) is 29.0. The van der Waals surface area contributed by atoms with Gasteiger partial charge in [-0.1, -0.05) is 12.6 Å². The molecule has 0 bridgehead atoms. The first-order valence-electron chi connectivity index (χ1n) is 11.8. The Balaban J connectivity index is 1.88. The van der Waals surface area contributed by atoms with Gasteiger partial charge in [0, 0.05) is 43.8 Å². The van der Waals surface area contributed by atoms with Crippen LogP contribution in [-0.2, 0) is 6.18 Å². The number of nitrogens with two attached hydrogens (primary N) is 1. The lowest BCUT2D eigenvalue weighted by molar-refractivity contribution is -0.137. The van der Waals surface area contributed by atoms with Crippen LogP contribution in [0.4, 0.5) is 24.7 Å². The first-order valence-corrected chi connectivity index (χ1v) is 11.8. The summed E-state index contributed by atoms with van der Waals surface area (Å²) in [7, 11) is 5.80. The number of rotatable bonds is 8. The van der Waals surface area contributed by atoms with Crippen molar-refractivity contribution >= 4 is 35.3 Å². The number of likely N-dealkylation sites (N-methyl/N-ethyl adjacent to an activating group) is 2. The number of amides is 1. The molecule has 2 aromatic rings. The molecular formula is C26H30F3N9O. The molecule has 0 unspecified atom stereocenters. The van der Waals surface area contributed by atoms with Crippen LogP contribution in [0.25, 0.3) is 0 Å². The predicted molar refractivity (Wildman–Crippen MR) is 148 cm³/mol. The van der Waals surface area contributed by atoms with E-state index in [1.807, 2.05) is 30.9 Å². The van der Waals surface area contributed by atoms with Gasteiger partial charge in [0.2, 0.25) is 5.96 Å². The Morgan fingerprint density at radius 3 is 2.56 bits per heavy atom. The fourth-order valence-corrected chi connectivity index (χ4v) is 3.36. The molecule has 2 heterocycles. The molecule has 10 nitrogen and oxygen atoms in total. The first-order chi connectivity index (χ1) is 18.4. The van der Waals surface area contributed by atoms with Gasteiger partial charge in [-0.25, -0.2) is 15.0 Å². The van der Waals surface area contributed by atoms with Gasteiger partial charge in [0.25, 0.3) is 5.91 Å². The smallest absolute Gasteiger partial charge is 0.383 e. The maximum absolute atomic E-state index is 13.0. The van der Waals surface area contributed by atoms with E-state index in [4.69, 9.17) is 5.73 Å². The van der Waals surface area contributed by atoms with Crippen molar-refractivity contribution in [3.63, 3.8) is 0 Å². The van der Waals surface area contributed by atoms with E-state index in [0.717, 1.165) is 30.4 Å². The van der Waals surface area contributed by atoms with Gasteiger partial charge in [-0.05, 0) is 50.8 Å². The highest BCUT2D eigenvalue weighted by atomic mass is 19.4. The highest BCUT2D eigenvalue weighted by Gasteiger charge is 2.31. The minimum atomic E-state index is -4.56. The Hall–Kier alpha value is -4.52. The summed E-state index contributed by atoms with van der Waals surface area (Å²) >= 11 is 0. The second-order valence-corrected chi connectivity index (χ2v) is 8.89. The lowest BCUT2D eigenvalue weighted by Crippen LogP contribution is -2.35. The second-order valence-electron chi connectivity index (χ2n) is 8.89. The molecule has 1 aliphatic rings. The number of allylic oxidation sites excluding steroid dienone is 1. The largest absolute Gasteiger partial charge is 0.416 e. The number of anilines is 2. The summed E-state index contributed by atoms with van der Waals surface area (Å²) in [5, 5.41) is 5.46. The second kappa shape index (κ2) is 12.3. The molecule has 39 heavy (non-hydrogen) atoms. The molecule has 1 aromatic heterocycles. The Kier molecular flexibility index (Phi) is 9.20. The number of benzene rings is 1. The normalized spacial score (nSPS) is 15.7. The Morgan fingerprint density at radius 1 is 1.15 bits per heavy atom. The number of alkyl halides is 3. The Bertz CT molecular complexity index is 1360. The zero-order chi connectivity index (χ0) is 28.7. The molecule has 0 radical (unpaired) electrons. The SMILES string of the molecule is C=C/N=C1/C=NC(N(C)CCN(C)C)=N/C1=C(/N)Nc1cc(C(=O)Nc2cc(C(F)(F)F)ccn2)ccc1C. The molecule has 1 aliphatic heterocycles. The molecule has 0 aliphatic carbocycles. The standard InChI is InChI=1S/C26H30F3N9O/c1-6-31-20-15-33-25(38(5)12-11-37(3)4)36-22(20)23(30)34-19-13-17(8-7-16(19)2)24(39)35-21-14-18(9-10-32-21)26(27,28)29/h6-10,13-15,34H,1,11-12,30H2,2-5H3,(H,32,35,39)/b23-22-,31-20-. The molecule has 1 amide bonds. The number of nitrogens with zero attached hydrogens (tertiary/aromatic N) is 6. The van der Waals surface area contributed by atoms with Crippen molar-refractivity contribution in [3.8, 4) is 0 Å². The number of aromatic nitrogens is 1. The quantitative estimate of drug-likeness (QED) is 0.468. The van der Waals surface area contributed by atoms with E-state index in [-0.39, 0.29) is 17.2 Å². The van der Waals surface area contributed by atoms with Crippen LogP contribution in [-0.4, -0.2) is 72.8 Å². The lowest BCUT2D eigenvalue weighted by Gasteiger charge is -2.23. The molecule has 0 atom stereocenters. The fourth-order valence-electron chi connectivity index (χ4n) is 3.36. The molecular weight excluding hydrogens is 511 g/mol. The third kappa shape index (κ3) is 7.74. The van der Waals surface area contributed by atoms with Crippen LogP contribution < -0.4 is 16.4 Å². The van der Waals surface area contributed by atoms with E-state index in [9.17, 15) is 18.0 Å². The van der Waals surface area contributed by atoms with Crippen LogP contribution >= 0.6 is 0 Å². The number of hydrogen-bond donors (Lipinski definition) is 3. The number of halogens is 3. The minimum Gasteiger partial charge on any atom is -0.383 e. The van der Waals surface area contributed by atoms with Crippen molar-refractivity contribution in [2.24, 2.45) is 20.7 Å². The average molecular weight is 542 g/mol. The number of pyridine rings is 1. The van der Waals surface area contributed by atoms with Crippen LogP contribution in [0, 0.1) is 6.92 Å². The number of aliphatic imine (C=N–C) groups is 3. The number of guanidine groups is 1. The molecule has 1 aromatic carbocycles. The maximum atomic E-state index is 13.0. The van der Waals surface area contributed by atoms with Crippen LogP contribution in [0.3, 0.4) is 0 Å². The van der Waals surface area contributed by atoms with Gasteiger partial charge >= 0.3 is 6.18 Å². The summed E-state index contributed by atoms with van der Waals surface area (Å²) in [6.07, 6.45) is -0.687. The molecule has 0 saturated heterocycles. The average Bonchev–Trinajstić information content (AvgIpc) is 2.88. The number of carbonyl (C=O) groups excluding carboxylic acids is 1. The summed E-state index contributed by atoms with van der Waals surface area (Å²) < 4.78 is 39.0. The molecule has 13 heteroatoms. The van der Waals surface area contributed by atoms with E-state index in [0.29, 0.717) is 29.6 Å². The topological polar surface area (TPSA) is 124 Å². The fraction of sp³-hybridized carbons (Fsp3) is 0.269. The zero-order valence-electron chi connectivity index (χ0n) is 22.0. The van der Waals surface area contributed by atoms with Gasteiger partial charge in [-0.15, -0.1) is 0 Å². The third-order valence-corrected chi connectivity index (χ3v) is 5.56. The summed E-state index contributed by atoms with van der Waals surface area (Å²) in [5.74, 6) is -0.269. The van der Waals surface area contributed by atoms with E-state index in [1.54, 1.807) is 25.3 Å². The van der Waals surface area contributed by atoms with Crippen molar-refractivity contribution in [2.45, 2.75) is 13.1 Å². The zero-order valence-corrected chi connectivity index (χ0v) is 22.0. The summed E-state index contributed by atoms with van der Waals surface area (Å²) in [6.45, 7) is 6.89. The molecule has 4 N–H and O–H groups in total. The summed E-state index contributed by atoms with van der Waals surface area (Å²) in [4.78, 5) is 33.7. The number of hydrogen-bond acceptors (Lipinski definition) is 9. The number of nitrogens with one attached hydrogen (secondary N) is 2. The van der Waals surface area contributed by atoms with Gasteiger partial charge in [0.1, 0.15) is 23.0 Å². The number of carbonyl (C=O) groups is 1. The van der Waals surface area contributed by atoms with Crippen LogP contribution in [0.1, 0.15) is 21.5 Å². The minimum absolute atomic E-state index is 0.153. The Morgan fingerprint density at radius 2 is 1.90 bits per heavy atom. The van der Waals surface area contributed by atoms with E-state index >= 15 is 0 Å². The van der Waals surface area contributed by atoms with Gasteiger partial charge in [-0.2, -0.15) is 13.2 Å². The van der Waals surface area contributed by atoms with Crippen molar-refractivity contribution in [1.82, 2.24) is 14.8 Å². The van der Waals surface area contributed by atoms with Crippen LogP contribution in [0.2, 0.25) is 0 Å². The van der Waals surface area contributed by atoms with Gasteiger partial charge < -0.3 is 26.2 Å². The molecule has 0 spiro atoms. The molecule has 0 saturated carbocycles. The van der Waals surface area contributed by atoms with Gasteiger partial charge in [-0.3, -0.25) is 9.79 Å². The van der Waals surface area contributed by atoms with Crippen LogP contribution in [0.5, 0.6) is 0 Å². The lowest BCUT2D eigenvalue weighted by atomic mass is 10.1. The van der Waals surface area contributed by atoms with Gasteiger partial charge in [0.15, 0.2) is 0 Å². The monoisotopic (exact) mass is 541 g/mol. The van der Waals surface area contributed by atoms with Crippen molar-refractivity contribution < 1.29 is 18.0 Å². The molecule has 206 valence electrons.